The van der Waals surface area contributed by atoms with Crippen LogP contribution >= 0.6 is 0 Å². The van der Waals surface area contributed by atoms with Crippen LogP contribution in [0.15, 0.2) is 12.1 Å². The Kier molecular flexibility index (Phi) is 2.60. The monoisotopic (exact) mass is 195 g/mol. The van der Waals surface area contributed by atoms with Crippen LogP contribution < -0.4 is 4.90 Å². The first-order valence-corrected chi connectivity index (χ1v) is 4.66. The zero-order valence-electron chi connectivity index (χ0n) is 7.80. The van der Waals surface area contributed by atoms with Gasteiger partial charge in [-0.1, -0.05) is 0 Å². The highest BCUT2D eigenvalue weighted by atomic mass is 16.3. The molecule has 14 heavy (non-hydrogen) atoms. The van der Waals surface area contributed by atoms with Gasteiger partial charge in [0.25, 0.3) is 0 Å². The van der Waals surface area contributed by atoms with Crippen molar-refractivity contribution in [3.8, 4) is 0 Å². The van der Waals surface area contributed by atoms with E-state index in [1.54, 1.807) is 6.07 Å². The molecule has 0 radical (unpaired) electrons. The van der Waals surface area contributed by atoms with Crippen LogP contribution in [0.5, 0.6) is 0 Å². The van der Waals surface area contributed by atoms with Gasteiger partial charge in [0.05, 0.1) is 18.4 Å². The number of hydrogen-bond acceptors (Lipinski definition) is 5. The van der Waals surface area contributed by atoms with Crippen LogP contribution in [0.4, 0.5) is 5.82 Å². The first-order chi connectivity index (χ1) is 6.79. The van der Waals surface area contributed by atoms with E-state index in [1.165, 1.54) is 0 Å². The van der Waals surface area contributed by atoms with Crippen molar-refractivity contribution in [2.75, 3.05) is 18.0 Å². The normalized spacial score (nSPS) is 21.6. The summed E-state index contributed by atoms with van der Waals surface area (Å²) in [5.74, 6) is 0.763. The minimum absolute atomic E-state index is 0.0874. The fourth-order valence-electron chi connectivity index (χ4n) is 1.56. The first-order valence-electron chi connectivity index (χ1n) is 4.66. The van der Waals surface area contributed by atoms with Crippen LogP contribution in [0, 0.1) is 0 Å². The Morgan fingerprint density at radius 1 is 1.43 bits per heavy atom. The summed E-state index contributed by atoms with van der Waals surface area (Å²) in [6.45, 7) is 1.34. The van der Waals surface area contributed by atoms with Crippen molar-refractivity contribution in [1.29, 1.82) is 0 Å². The average molecular weight is 195 g/mol. The van der Waals surface area contributed by atoms with Crippen LogP contribution in [0.3, 0.4) is 0 Å². The van der Waals surface area contributed by atoms with Crippen LogP contribution in [-0.4, -0.2) is 39.6 Å². The van der Waals surface area contributed by atoms with E-state index in [0.29, 0.717) is 12.2 Å². The Labute approximate surface area is 82.0 Å². The van der Waals surface area contributed by atoms with Crippen molar-refractivity contribution in [3.05, 3.63) is 17.8 Å². The van der Waals surface area contributed by atoms with Gasteiger partial charge in [0.2, 0.25) is 0 Å². The van der Waals surface area contributed by atoms with E-state index in [0.717, 1.165) is 18.8 Å². The summed E-state index contributed by atoms with van der Waals surface area (Å²) < 4.78 is 0. The first kappa shape index (κ1) is 9.36. The number of β-amino-alcohol motifs (C(OH)–C–C–N with tert-alkyl or cyclic N) is 1. The summed E-state index contributed by atoms with van der Waals surface area (Å²) >= 11 is 0. The fraction of sp³-hybridized carbons (Fsp3) is 0.556. The van der Waals surface area contributed by atoms with Gasteiger partial charge in [0, 0.05) is 13.1 Å². The lowest BCUT2D eigenvalue weighted by Gasteiger charge is -2.15. The lowest BCUT2D eigenvalue weighted by atomic mass is 10.3. The van der Waals surface area contributed by atoms with E-state index < -0.39 is 0 Å². The van der Waals surface area contributed by atoms with Gasteiger partial charge in [0.1, 0.15) is 0 Å². The van der Waals surface area contributed by atoms with Crippen molar-refractivity contribution in [3.63, 3.8) is 0 Å². The molecule has 2 N–H and O–H groups in total. The van der Waals surface area contributed by atoms with Crippen molar-refractivity contribution in [2.24, 2.45) is 0 Å². The molecule has 0 spiro atoms. The minimum Gasteiger partial charge on any atom is -0.391 e. The predicted molar refractivity (Wildman–Crippen MR) is 50.8 cm³/mol. The smallest absolute Gasteiger partial charge is 0.151 e. The molecular weight excluding hydrogens is 182 g/mol. The maximum absolute atomic E-state index is 9.33. The molecule has 1 fully saturated rings. The highest BCUT2D eigenvalue weighted by Gasteiger charge is 2.21. The van der Waals surface area contributed by atoms with Gasteiger partial charge in [-0.3, -0.25) is 0 Å². The zero-order valence-corrected chi connectivity index (χ0v) is 7.80. The van der Waals surface area contributed by atoms with Crippen molar-refractivity contribution < 1.29 is 10.2 Å². The van der Waals surface area contributed by atoms with E-state index in [1.807, 2.05) is 11.0 Å². The molecule has 5 nitrogen and oxygen atoms in total. The molecule has 0 aliphatic carbocycles. The molecule has 1 aromatic rings. The third kappa shape index (κ3) is 1.83. The standard InChI is InChI=1S/C9H13N3O2/c13-6-7-1-2-9(11-10-7)12-4-3-8(14)5-12/h1-2,8,13-14H,3-6H2. The number of aromatic nitrogens is 2. The molecule has 2 rings (SSSR count). The second-order valence-electron chi connectivity index (χ2n) is 3.43. The lowest BCUT2D eigenvalue weighted by molar-refractivity contribution is 0.198. The highest BCUT2D eigenvalue weighted by molar-refractivity contribution is 5.38. The number of aliphatic hydroxyl groups is 2. The number of anilines is 1. The van der Waals surface area contributed by atoms with E-state index >= 15 is 0 Å². The van der Waals surface area contributed by atoms with Gasteiger partial charge in [-0.25, -0.2) is 0 Å². The molecular formula is C9H13N3O2. The van der Waals surface area contributed by atoms with Gasteiger partial charge in [0.15, 0.2) is 5.82 Å². The topological polar surface area (TPSA) is 69.5 Å². The number of nitrogens with zero attached hydrogens (tertiary/aromatic N) is 3. The van der Waals surface area contributed by atoms with E-state index in [4.69, 9.17) is 5.11 Å². The highest BCUT2D eigenvalue weighted by Crippen LogP contribution is 2.16. The summed E-state index contributed by atoms with van der Waals surface area (Å²) in [4.78, 5) is 1.98. The quantitative estimate of drug-likeness (QED) is 0.668. The van der Waals surface area contributed by atoms with Gasteiger partial charge >= 0.3 is 0 Å². The van der Waals surface area contributed by atoms with Crippen molar-refractivity contribution >= 4 is 5.82 Å². The molecule has 1 aliphatic rings. The van der Waals surface area contributed by atoms with Crippen LogP contribution in [0.1, 0.15) is 12.1 Å². The maximum atomic E-state index is 9.33. The van der Waals surface area contributed by atoms with Crippen molar-refractivity contribution in [1.82, 2.24) is 10.2 Å². The third-order valence-electron chi connectivity index (χ3n) is 2.36. The molecule has 0 bridgehead atoms. The van der Waals surface area contributed by atoms with E-state index in [2.05, 4.69) is 10.2 Å². The van der Waals surface area contributed by atoms with Gasteiger partial charge < -0.3 is 15.1 Å². The number of rotatable bonds is 2. The van der Waals surface area contributed by atoms with E-state index in [-0.39, 0.29) is 12.7 Å². The molecule has 1 atom stereocenters. The van der Waals surface area contributed by atoms with E-state index in [9.17, 15) is 5.11 Å². The average Bonchev–Trinajstić information content (AvgIpc) is 2.65. The largest absolute Gasteiger partial charge is 0.391 e. The Balaban J connectivity index is 2.09. The molecule has 1 aliphatic heterocycles. The lowest BCUT2D eigenvalue weighted by Crippen LogP contribution is -2.22. The van der Waals surface area contributed by atoms with Crippen LogP contribution in [0.2, 0.25) is 0 Å². The second-order valence-corrected chi connectivity index (χ2v) is 3.43. The molecule has 5 heteroatoms. The Bertz CT molecular complexity index is 301. The summed E-state index contributed by atoms with van der Waals surface area (Å²) in [7, 11) is 0. The molecule has 1 aromatic heterocycles. The Hall–Kier alpha value is -1.20. The molecule has 0 saturated carbocycles. The van der Waals surface area contributed by atoms with Crippen LogP contribution in [0.25, 0.3) is 0 Å². The molecule has 0 aromatic carbocycles. The fourth-order valence-corrected chi connectivity index (χ4v) is 1.56. The van der Waals surface area contributed by atoms with Gasteiger partial charge in [-0.05, 0) is 18.6 Å². The molecule has 2 heterocycles. The minimum atomic E-state index is -0.255. The molecule has 1 saturated heterocycles. The van der Waals surface area contributed by atoms with Crippen LogP contribution in [-0.2, 0) is 6.61 Å². The Morgan fingerprint density at radius 3 is 2.79 bits per heavy atom. The SMILES string of the molecule is OCc1ccc(N2CCC(O)C2)nn1. The molecule has 0 amide bonds. The molecule has 1 unspecified atom stereocenters. The maximum Gasteiger partial charge on any atom is 0.151 e. The van der Waals surface area contributed by atoms with Crippen molar-refractivity contribution in [2.45, 2.75) is 19.1 Å². The zero-order chi connectivity index (χ0) is 9.97. The third-order valence-corrected chi connectivity index (χ3v) is 2.36. The summed E-state index contributed by atoms with van der Waals surface area (Å²) in [6, 6.07) is 3.56. The molecule has 76 valence electrons. The summed E-state index contributed by atoms with van der Waals surface area (Å²) in [6.07, 6.45) is 0.526. The van der Waals surface area contributed by atoms with Gasteiger partial charge in [-0.2, -0.15) is 5.10 Å². The number of aliphatic hydroxyl groups excluding tert-OH is 2. The van der Waals surface area contributed by atoms with Gasteiger partial charge in [-0.15, -0.1) is 5.10 Å². The second kappa shape index (κ2) is 3.89. The predicted octanol–water partition coefficient (Wildman–Crippen LogP) is -0.460. The Morgan fingerprint density at radius 2 is 2.29 bits per heavy atom. The summed E-state index contributed by atoms with van der Waals surface area (Å²) in [5, 5.41) is 25.9. The summed E-state index contributed by atoms with van der Waals surface area (Å²) in [5.41, 5.74) is 0.563. The number of hydrogen-bond donors (Lipinski definition) is 2.